The Hall–Kier alpha value is -3.05. The lowest BCUT2D eigenvalue weighted by Gasteiger charge is -2.20. The Labute approximate surface area is 188 Å². The van der Waals surface area contributed by atoms with Gasteiger partial charge in [-0.3, -0.25) is 4.98 Å². The number of methoxy groups -OCH3 is 1. The lowest BCUT2D eigenvalue weighted by atomic mass is 10.1. The highest BCUT2D eigenvalue weighted by Gasteiger charge is 2.17. The molecule has 4 rings (SSSR count). The molecule has 0 fully saturated rings. The van der Waals surface area contributed by atoms with Crippen LogP contribution in [0.2, 0.25) is 0 Å². The lowest BCUT2D eigenvalue weighted by Crippen LogP contribution is -2.18. The van der Waals surface area contributed by atoms with E-state index in [9.17, 15) is 4.39 Å². The number of halogens is 2. The van der Waals surface area contributed by atoms with Crippen molar-refractivity contribution in [3.05, 3.63) is 89.1 Å². The molecule has 0 saturated carbocycles. The van der Waals surface area contributed by atoms with Crippen molar-refractivity contribution in [3.8, 4) is 5.75 Å². The highest BCUT2D eigenvalue weighted by Crippen LogP contribution is 2.29. The van der Waals surface area contributed by atoms with Gasteiger partial charge >= 0.3 is 0 Å². The number of hydrogen-bond donors (Lipinski definition) is 0. The Kier molecular flexibility index (Phi) is 6.86. The zero-order chi connectivity index (χ0) is 21.3. The quantitative estimate of drug-likeness (QED) is 0.374. The second-order valence-electron chi connectivity index (χ2n) is 7.63. The van der Waals surface area contributed by atoms with Gasteiger partial charge in [0.2, 0.25) is 0 Å². The van der Waals surface area contributed by atoms with Crippen LogP contribution in [0.25, 0.3) is 10.9 Å². The van der Waals surface area contributed by atoms with Gasteiger partial charge in [-0.25, -0.2) is 4.39 Å². The molecule has 0 aliphatic heterocycles. The first-order chi connectivity index (χ1) is 14.5. The van der Waals surface area contributed by atoms with Crippen LogP contribution < -0.4 is 9.64 Å². The lowest BCUT2D eigenvalue weighted by molar-refractivity contribution is 0.414. The van der Waals surface area contributed by atoms with Gasteiger partial charge in [-0.05, 0) is 67.4 Å². The molecular weight excluding hydrogens is 413 g/mol. The summed E-state index contributed by atoms with van der Waals surface area (Å²) in [6.07, 6.45) is 1.88. The van der Waals surface area contributed by atoms with Gasteiger partial charge in [-0.2, -0.15) is 0 Å². The largest absolute Gasteiger partial charge is 0.497 e. The van der Waals surface area contributed by atoms with E-state index in [1.807, 2.05) is 25.4 Å². The van der Waals surface area contributed by atoms with Crippen molar-refractivity contribution >= 4 is 29.0 Å². The van der Waals surface area contributed by atoms with E-state index in [2.05, 4.69) is 41.5 Å². The van der Waals surface area contributed by atoms with Crippen molar-refractivity contribution in [3.63, 3.8) is 0 Å². The zero-order valence-corrected chi connectivity index (χ0v) is 19.0. The van der Waals surface area contributed by atoms with Crippen LogP contribution in [0.5, 0.6) is 5.75 Å². The summed E-state index contributed by atoms with van der Waals surface area (Å²) in [4.78, 5) is 6.81. The normalized spacial score (nSPS) is 10.7. The number of pyridine rings is 1. The maximum atomic E-state index is 13.3. The molecule has 0 radical (unpaired) electrons. The molecule has 0 aliphatic carbocycles. The first kappa shape index (κ1) is 22.6. The Morgan fingerprint density at radius 2 is 1.68 bits per heavy atom. The summed E-state index contributed by atoms with van der Waals surface area (Å²) in [5, 5.41) is 1.22. The van der Waals surface area contributed by atoms with E-state index in [1.165, 1.54) is 34.3 Å². The third-order valence-corrected chi connectivity index (χ3v) is 5.78. The van der Waals surface area contributed by atoms with Crippen LogP contribution in [0.15, 0.2) is 60.8 Å². The number of fused-ring (bicyclic) bond motifs is 1. The number of aryl methyl sites for hydroxylation is 1. The molecule has 0 unspecified atom stereocenters. The zero-order valence-electron chi connectivity index (χ0n) is 18.2. The minimum Gasteiger partial charge on any atom is -0.497 e. The van der Waals surface area contributed by atoms with Crippen molar-refractivity contribution in [1.82, 2.24) is 9.55 Å². The van der Waals surface area contributed by atoms with E-state index in [4.69, 9.17) is 9.72 Å². The second kappa shape index (κ2) is 9.40. The second-order valence-corrected chi connectivity index (χ2v) is 7.63. The molecule has 2 aromatic heterocycles. The van der Waals surface area contributed by atoms with Crippen LogP contribution in [0.1, 0.15) is 22.5 Å². The van der Waals surface area contributed by atoms with Crippen molar-refractivity contribution in [1.29, 1.82) is 0 Å². The summed E-state index contributed by atoms with van der Waals surface area (Å²) in [5.41, 5.74) is 6.82. The van der Waals surface area contributed by atoms with Gasteiger partial charge in [0, 0.05) is 36.6 Å². The SMILES string of the molecule is COc1ccc(Cn2c(C)c(C)c3ccnc(CN(C)c4ccc(F)cc4)c32)cc1.Cl. The van der Waals surface area contributed by atoms with E-state index < -0.39 is 0 Å². The summed E-state index contributed by atoms with van der Waals surface area (Å²) >= 11 is 0. The van der Waals surface area contributed by atoms with Crippen LogP contribution in [-0.4, -0.2) is 23.7 Å². The van der Waals surface area contributed by atoms with E-state index in [1.54, 1.807) is 19.2 Å². The molecule has 31 heavy (non-hydrogen) atoms. The highest BCUT2D eigenvalue weighted by molar-refractivity contribution is 5.87. The molecule has 0 amide bonds. The van der Waals surface area contributed by atoms with Gasteiger partial charge in [0.15, 0.2) is 0 Å². The molecule has 6 heteroatoms. The van der Waals surface area contributed by atoms with Crippen molar-refractivity contribution in [2.24, 2.45) is 0 Å². The first-order valence-corrected chi connectivity index (χ1v) is 10.0. The number of ether oxygens (including phenoxy) is 1. The summed E-state index contributed by atoms with van der Waals surface area (Å²) in [6, 6.07) is 16.8. The maximum absolute atomic E-state index is 13.3. The fourth-order valence-electron chi connectivity index (χ4n) is 3.90. The fourth-order valence-corrected chi connectivity index (χ4v) is 3.90. The molecule has 0 atom stereocenters. The van der Waals surface area contributed by atoms with Crippen LogP contribution in [-0.2, 0) is 13.1 Å². The van der Waals surface area contributed by atoms with Crippen LogP contribution >= 0.6 is 12.4 Å². The monoisotopic (exact) mass is 439 g/mol. The smallest absolute Gasteiger partial charge is 0.123 e. The number of hydrogen-bond acceptors (Lipinski definition) is 3. The Morgan fingerprint density at radius 3 is 2.32 bits per heavy atom. The first-order valence-electron chi connectivity index (χ1n) is 10.0. The average molecular weight is 440 g/mol. The molecule has 0 aliphatic rings. The van der Waals surface area contributed by atoms with Crippen LogP contribution in [0.3, 0.4) is 0 Å². The van der Waals surface area contributed by atoms with Gasteiger partial charge in [0.05, 0.1) is 24.9 Å². The number of aromatic nitrogens is 2. The molecule has 2 heterocycles. The Balaban J connectivity index is 0.00000272. The predicted octanol–water partition coefficient (Wildman–Crippen LogP) is 5.91. The summed E-state index contributed by atoms with van der Waals surface area (Å²) in [6.45, 7) is 5.72. The summed E-state index contributed by atoms with van der Waals surface area (Å²) in [7, 11) is 3.68. The molecule has 0 bridgehead atoms. The maximum Gasteiger partial charge on any atom is 0.123 e. The molecular formula is C25H27ClFN3O. The van der Waals surface area contributed by atoms with Crippen molar-refractivity contribution < 1.29 is 9.13 Å². The third-order valence-electron chi connectivity index (χ3n) is 5.78. The summed E-state index contributed by atoms with van der Waals surface area (Å²) in [5.74, 6) is 0.624. The van der Waals surface area contributed by atoms with Crippen LogP contribution in [0, 0.1) is 19.7 Å². The van der Waals surface area contributed by atoms with E-state index in [-0.39, 0.29) is 18.2 Å². The topological polar surface area (TPSA) is 30.3 Å². The minimum absolute atomic E-state index is 0. The van der Waals surface area contributed by atoms with E-state index >= 15 is 0 Å². The number of rotatable bonds is 6. The molecule has 0 N–H and O–H groups in total. The number of anilines is 1. The predicted molar refractivity (Wildman–Crippen MR) is 127 cm³/mol. The Bertz CT molecular complexity index is 1170. The molecule has 0 saturated heterocycles. The summed E-state index contributed by atoms with van der Waals surface area (Å²) < 4.78 is 20.9. The molecule has 162 valence electrons. The molecule has 0 spiro atoms. The van der Waals surface area contributed by atoms with Crippen LogP contribution in [0.4, 0.5) is 10.1 Å². The van der Waals surface area contributed by atoms with Crippen molar-refractivity contribution in [2.75, 3.05) is 19.1 Å². The van der Waals surface area contributed by atoms with E-state index in [0.29, 0.717) is 6.54 Å². The number of nitrogens with zero attached hydrogens (tertiary/aromatic N) is 3. The average Bonchev–Trinajstić information content (AvgIpc) is 3.00. The van der Waals surface area contributed by atoms with E-state index in [0.717, 1.165) is 29.2 Å². The molecule has 4 aromatic rings. The van der Waals surface area contributed by atoms with Gasteiger partial charge in [-0.1, -0.05) is 12.1 Å². The number of benzene rings is 2. The van der Waals surface area contributed by atoms with Gasteiger partial charge < -0.3 is 14.2 Å². The Morgan fingerprint density at radius 1 is 1.00 bits per heavy atom. The van der Waals surface area contributed by atoms with Gasteiger partial charge in [0.1, 0.15) is 11.6 Å². The third kappa shape index (κ3) is 4.52. The minimum atomic E-state index is -0.230. The van der Waals surface area contributed by atoms with Gasteiger partial charge in [-0.15, -0.1) is 12.4 Å². The molecule has 2 aromatic carbocycles. The fraction of sp³-hybridized carbons (Fsp3) is 0.240. The highest BCUT2D eigenvalue weighted by atomic mass is 35.5. The molecule has 4 nitrogen and oxygen atoms in total. The van der Waals surface area contributed by atoms with Crippen molar-refractivity contribution in [2.45, 2.75) is 26.9 Å². The van der Waals surface area contributed by atoms with Gasteiger partial charge in [0.25, 0.3) is 0 Å². The standard InChI is InChI=1S/C25H26FN3O.ClH/c1-17-18(2)29(15-19-5-11-22(30-4)12-6-19)25-23(17)13-14-27-24(25)16-28(3)21-9-7-20(26)8-10-21;/h5-14H,15-16H2,1-4H3;1H.